The van der Waals surface area contributed by atoms with E-state index in [9.17, 15) is 0 Å². The Kier molecular flexibility index (Phi) is 4.41. The van der Waals surface area contributed by atoms with Gasteiger partial charge in [0.15, 0.2) is 0 Å². The third-order valence-electron chi connectivity index (χ3n) is 4.45. The number of aryl methyl sites for hydroxylation is 1. The van der Waals surface area contributed by atoms with Gasteiger partial charge in [0.2, 0.25) is 0 Å². The number of rotatable bonds is 3. The molecule has 0 spiro atoms. The molecule has 2 unspecified atom stereocenters. The lowest BCUT2D eigenvalue weighted by molar-refractivity contribution is 0.362. The summed E-state index contributed by atoms with van der Waals surface area (Å²) >= 11 is 0. The standard InChI is InChI=1S/C16H26N2/c1-11-7-8-15(13(3)12(11)2)16(17)10-14-6-4-5-9-18-14/h7-8,14,16,18H,4-6,9-10,17H2,1-3H3. The molecule has 0 amide bonds. The van der Waals surface area contributed by atoms with E-state index >= 15 is 0 Å². The molecule has 0 radical (unpaired) electrons. The molecule has 2 atom stereocenters. The molecule has 18 heavy (non-hydrogen) atoms. The Balaban J connectivity index is 2.08. The minimum absolute atomic E-state index is 0.167. The van der Waals surface area contributed by atoms with Crippen LogP contribution in [0.2, 0.25) is 0 Å². The van der Waals surface area contributed by atoms with Crippen molar-refractivity contribution < 1.29 is 0 Å². The third-order valence-corrected chi connectivity index (χ3v) is 4.45. The Bertz CT molecular complexity index is 406. The van der Waals surface area contributed by atoms with E-state index in [1.807, 2.05) is 0 Å². The van der Waals surface area contributed by atoms with Crippen molar-refractivity contribution in [1.29, 1.82) is 0 Å². The van der Waals surface area contributed by atoms with Crippen LogP contribution in [-0.4, -0.2) is 12.6 Å². The molecule has 3 N–H and O–H groups in total. The maximum absolute atomic E-state index is 6.41. The van der Waals surface area contributed by atoms with E-state index in [2.05, 4.69) is 38.2 Å². The molecule has 1 aliphatic heterocycles. The highest BCUT2D eigenvalue weighted by Gasteiger charge is 2.18. The second-order valence-corrected chi connectivity index (χ2v) is 5.71. The van der Waals surface area contributed by atoms with Crippen molar-refractivity contribution in [3.8, 4) is 0 Å². The number of hydrogen-bond acceptors (Lipinski definition) is 2. The first-order valence-corrected chi connectivity index (χ1v) is 7.15. The normalized spacial score (nSPS) is 21.9. The number of hydrogen-bond donors (Lipinski definition) is 2. The quantitative estimate of drug-likeness (QED) is 0.860. The van der Waals surface area contributed by atoms with Gasteiger partial charge in [0, 0.05) is 12.1 Å². The molecule has 0 aliphatic carbocycles. The summed E-state index contributed by atoms with van der Waals surface area (Å²) in [6.07, 6.45) is 4.99. The van der Waals surface area contributed by atoms with E-state index in [-0.39, 0.29) is 6.04 Å². The van der Waals surface area contributed by atoms with Crippen LogP contribution >= 0.6 is 0 Å². The van der Waals surface area contributed by atoms with Gasteiger partial charge >= 0.3 is 0 Å². The zero-order chi connectivity index (χ0) is 13.1. The molecule has 0 bridgehead atoms. The molecule has 1 saturated heterocycles. The summed E-state index contributed by atoms with van der Waals surface area (Å²) in [7, 11) is 0. The van der Waals surface area contributed by atoms with Crippen LogP contribution in [0.4, 0.5) is 0 Å². The second kappa shape index (κ2) is 5.85. The molecule has 1 aliphatic rings. The van der Waals surface area contributed by atoms with E-state index < -0.39 is 0 Å². The molecular weight excluding hydrogens is 220 g/mol. The predicted molar refractivity (Wildman–Crippen MR) is 77.8 cm³/mol. The van der Waals surface area contributed by atoms with E-state index in [0.717, 1.165) is 13.0 Å². The summed E-state index contributed by atoms with van der Waals surface area (Å²) in [5, 5.41) is 3.59. The monoisotopic (exact) mass is 246 g/mol. The van der Waals surface area contributed by atoms with Crippen LogP contribution in [0, 0.1) is 20.8 Å². The van der Waals surface area contributed by atoms with Crippen molar-refractivity contribution >= 4 is 0 Å². The Morgan fingerprint density at radius 2 is 2.00 bits per heavy atom. The summed E-state index contributed by atoms with van der Waals surface area (Å²) in [5.74, 6) is 0. The fraction of sp³-hybridized carbons (Fsp3) is 0.625. The zero-order valence-corrected chi connectivity index (χ0v) is 11.9. The van der Waals surface area contributed by atoms with E-state index in [4.69, 9.17) is 5.73 Å². The summed E-state index contributed by atoms with van der Waals surface area (Å²) in [4.78, 5) is 0. The summed E-state index contributed by atoms with van der Waals surface area (Å²) in [6, 6.07) is 5.19. The largest absolute Gasteiger partial charge is 0.324 e. The number of nitrogens with two attached hydrogens (primary N) is 1. The molecule has 1 heterocycles. The highest BCUT2D eigenvalue weighted by atomic mass is 14.9. The van der Waals surface area contributed by atoms with Gasteiger partial charge < -0.3 is 11.1 Å². The molecular formula is C16H26N2. The molecule has 1 fully saturated rings. The molecule has 100 valence electrons. The summed E-state index contributed by atoms with van der Waals surface area (Å²) < 4.78 is 0. The van der Waals surface area contributed by atoms with Gasteiger partial charge in [-0.3, -0.25) is 0 Å². The van der Waals surface area contributed by atoms with Crippen molar-refractivity contribution in [2.24, 2.45) is 5.73 Å². The van der Waals surface area contributed by atoms with Gasteiger partial charge in [-0.25, -0.2) is 0 Å². The lowest BCUT2D eigenvalue weighted by atomic mass is 9.90. The van der Waals surface area contributed by atoms with Gasteiger partial charge in [-0.2, -0.15) is 0 Å². The maximum Gasteiger partial charge on any atom is 0.0312 e. The molecule has 2 rings (SSSR count). The van der Waals surface area contributed by atoms with Crippen molar-refractivity contribution in [1.82, 2.24) is 5.32 Å². The van der Waals surface area contributed by atoms with Crippen LogP contribution in [0.3, 0.4) is 0 Å². The van der Waals surface area contributed by atoms with Gasteiger partial charge in [0.1, 0.15) is 0 Å². The molecule has 1 aromatic carbocycles. The lowest BCUT2D eigenvalue weighted by Gasteiger charge is -2.27. The average molecular weight is 246 g/mol. The van der Waals surface area contributed by atoms with E-state index in [0.29, 0.717) is 6.04 Å². The van der Waals surface area contributed by atoms with Crippen LogP contribution in [-0.2, 0) is 0 Å². The first kappa shape index (κ1) is 13.6. The smallest absolute Gasteiger partial charge is 0.0312 e. The van der Waals surface area contributed by atoms with E-state index in [1.54, 1.807) is 0 Å². The molecule has 0 saturated carbocycles. The zero-order valence-electron chi connectivity index (χ0n) is 11.9. The molecule has 0 aromatic heterocycles. The number of piperidine rings is 1. The van der Waals surface area contributed by atoms with Gasteiger partial charge in [-0.15, -0.1) is 0 Å². The Hall–Kier alpha value is -0.860. The summed E-state index contributed by atoms with van der Waals surface area (Å²) in [5.41, 5.74) is 11.9. The summed E-state index contributed by atoms with van der Waals surface area (Å²) in [6.45, 7) is 7.72. The maximum atomic E-state index is 6.41. The molecule has 2 heteroatoms. The number of benzene rings is 1. The fourth-order valence-electron chi connectivity index (χ4n) is 2.94. The van der Waals surface area contributed by atoms with Crippen molar-refractivity contribution in [3.05, 3.63) is 34.4 Å². The van der Waals surface area contributed by atoms with Crippen LogP contribution in [0.25, 0.3) is 0 Å². The van der Waals surface area contributed by atoms with E-state index in [1.165, 1.54) is 41.5 Å². The van der Waals surface area contributed by atoms with Crippen molar-refractivity contribution in [2.75, 3.05) is 6.54 Å². The topological polar surface area (TPSA) is 38.0 Å². The van der Waals surface area contributed by atoms with Gasteiger partial charge in [0.05, 0.1) is 0 Å². The SMILES string of the molecule is Cc1ccc(C(N)CC2CCCCN2)c(C)c1C. The van der Waals surface area contributed by atoms with Crippen LogP contribution < -0.4 is 11.1 Å². The third kappa shape index (κ3) is 2.93. The van der Waals surface area contributed by atoms with Crippen LogP contribution in [0.5, 0.6) is 0 Å². The first-order valence-electron chi connectivity index (χ1n) is 7.15. The van der Waals surface area contributed by atoms with Gasteiger partial charge in [-0.05, 0) is 68.8 Å². The fourth-order valence-corrected chi connectivity index (χ4v) is 2.94. The molecule has 2 nitrogen and oxygen atoms in total. The lowest BCUT2D eigenvalue weighted by Crippen LogP contribution is -2.36. The second-order valence-electron chi connectivity index (χ2n) is 5.71. The Morgan fingerprint density at radius 3 is 2.67 bits per heavy atom. The highest BCUT2D eigenvalue weighted by Crippen LogP contribution is 2.26. The average Bonchev–Trinajstić information content (AvgIpc) is 2.37. The van der Waals surface area contributed by atoms with Crippen molar-refractivity contribution in [2.45, 2.75) is 58.5 Å². The van der Waals surface area contributed by atoms with Crippen molar-refractivity contribution in [3.63, 3.8) is 0 Å². The molecule has 1 aromatic rings. The first-order chi connectivity index (χ1) is 8.59. The van der Waals surface area contributed by atoms with Gasteiger partial charge in [0.25, 0.3) is 0 Å². The minimum Gasteiger partial charge on any atom is -0.324 e. The van der Waals surface area contributed by atoms with Crippen LogP contribution in [0.1, 0.15) is 54.0 Å². The Labute approximate surface area is 111 Å². The minimum atomic E-state index is 0.167. The highest BCUT2D eigenvalue weighted by molar-refractivity contribution is 5.40. The Morgan fingerprint density at radius 1 is 1.22 bits per heavy atom. The van der Waals surface area contributed by atoms with Crippen LogP contribution in [0.15, 0.2) is 12.1 Å². The van der Waals surface area contributed by atoms with Gasteiger partial charge in [-0.1, -0.05) is 18.6 Å². The predicted octanol–water partition coefficient (Wildman–Crippen LogP) is 3.14. The number of nitrogens with one attached hydrogen (secondary N) is 1.